The van der Waals surface area contributed by atoms with E-state index in [1.165, 1.54) is 0 Å². The lowest BCUT2D eigenvalue weighted by molar-refractivity contribution is -0.145. The Bertz CT molecular complexity index is 190. The van der Waals surface area contributed by atoms with E-state index >= 15 is 0 Å². The first-order chi connectivity index (χ1) is 5.18. The Balaban J connectivity index is 2.12. The molecule has 62 valence electrons. The van der Waals surface area contributed by atoms with Crippen LogP contribution in [-0.2, 0) is 4.79 Å². The van der Waals surface area contributed by atoms with Crippen molar-refractivity contribution in [3.8, 4) is 0 Å². The second kappa shape index (κ2) is 2.21. The maximum absolute atomic E-state index is 10.6. The highest BCUT2D eigenvalue weighted by Crippen LogP contribution is 2.48. The fraction of sp³-hybridized carbons (Fsp3) is 0.875. The van der Waals surface area contributed by atoms with Crippen molar-refractivity contribution in [3.63, 3.8) is 0 Å². The third-order valence-electron chi connectivity index (χ3n) is 3.10. The van der Waals surface area contributed by atoms with E-state index in [1.807, 2.05) is 0 Å². The predicted octanol–water partition coefficient (Wildman–Crippen LogP) is 0.478. The Labute approximate surface area is 65.0 Å². The van der Waals surface area contributed by atoms with Crippen LogP contribution in [0.2, 0.25) is 0 Å². The number of hydrogen-bond acceptors (Lipinski definition) is 2. The lowest BCUT2D eigenvalue weighted by Crippen LogP contribution is -2.29. The van der Waals surface area contributed by atoms with Gasteiger partial charge in [-0.1, -0.05) is 0 Å². The van der Waals surface area contributed by atoms with Crippen molar-refractivity contribution < 1.29 is 15.0 Å². The smallest absolute Gasteiger partial charge is 0.306 e. The molecule has 2 fully saturated rings. The maximum Gasteiger partial charge on any atom is 0.306 e. The van der Waals surface area contributed by atoms with Crippen molar-refractivity contribution in [1.29, 1.82) is 0 Å². The second-order valence-corrected chi connectivity index (χ2v) is 3.75. The van der Waals surface area contributed by atoms with Crippen LogP contribution >= 0.6 is 0 Å². The quantitative estimate of drug-likeness (QED) is 0.580. The lowest BCUT2D eigenvalue weighted by Gasteiger charge is -2.22. The highest BCUT2D eigenvalue weighted by Gasteiger charge is 2.48. The minimum atomic E-state index is -0.726. The third kappa shape index (κ3) is 0.948. The molecule has 0 aromatic rings. The fourth-order valence-electron chi connectivity index (χ4n) is 2.60. The summed E-state index contributed by atoms with van der Waals surface area (Å²) in [5.41, 5.74) is 0. The van der Waals surface area contributed by atoms with Crippen LogP contribution in [0.4, 0.5) is 0 Å². The minimum Gasteiger partial charge on any atom is -0.481 e. The lowest BCUT2D eigenvalue weighted by atomic mass is 9.87. The number of carboxylic acid groups (broad SMARTS) is 1. The van der Waals surface area contributed by atoms with Crippen molar-refractivity contribution in [3.05, 3.63) is 0 Å². The molecule has 2 rings (SSSR count). The van der Waals surface area contributed by atoms with Gasteiger partial charge in [0, 0.05) is 0 Å². The van der Waals surface area contributed by atoms with Gasteiger partial charge in [-0.05, 0) is 31.1 Å². The average molecular weight is 156 g/mol. The van der Waals surface area contributed by atoms with Gasteiger partial charge in [0.15, 0.2) is 0 Å². The average Bonchev–Trinajstić information content (AvgIpc) is 2.43. The highest BCUT2D eigenvalue weighted by molar-refractivity contribution is 5.71. The molecule has 2 aliphatic carbocycles. The minimum absolute atomic E-state index is 0.0532. The number of fused-ring (bicyclic) bond motifs is 2. The van der Waals surface area contributed by atoms with E-state index in [-0.39, 0.29) is 17.9 Å². The summed E-state index contributed by atoms with van der Waals surface area (Å²) in [5, 5.41) is 18.1. The maximum atomic E-state index is 10.6. The Kier molecular flexibility index (Phi) is 1.42. The van der Waals surface area contributed by atoms with Crippen molar-refractivity contribution in [2.45, 2.75) is 25.4 Å². The van der Waals surface area contributed by atoms with Crippen LogP contribution in [0.5, 0.6) is 0 Å². The molecule has 0 aromatic heterocycles. The summed E-state index contributed by atoms with van der Waals surface area (Å²) in [6.45, 7) is 0. The molecule has 3 nitrogen and oxygen atoms in total. The first-order valence-corrected chi connectivity index (χ1v) is 4.09. The van der Waals surface area contributed by atoms with E-state index in [9.17, 15) is 9.90 Å². The van der Waals surface area contributed by atoms with Crippen molar-refractivity contribution in [2.75, 3.05) is 0 Å². The monoisotopic (exact) mass is 156 g/mol. The van der Waals surface area contributed by atoms with Gasteiger partial charge in [-0.15, -0.1) is 0 Å². The first-order valence-electron chi connectivity index (χ1n) is 4.09. The number of rotatable bonds is 1. The van der Waals surface area contributed by atoms with Crippen LogP contribution in [0.3, 0.4) is 0 Å². The summed E-state index contributed by atoms with van der Waals surface area (Å²) in [6, 6.07) is 0. The normalized spacial score (nSPS) is 48.1. The van der Waals surface area contributed by atoms with Gasteiger partial charge >= 0.3 is 5.97 Å². The highest BCUT2D eigenvalue weighted by atomic mass is 16.4. The molecule has 2 N–H and O–H groups in total. The Hall–Kier alpha value is -0.570. The van der Waals surface area contributed by atoms with Gasteiger partial charge in [-0.2, -0.15) is 0 Å². The predicted molar refractivity (Wildman–Crippen MR) is 38.0 cm³/mol. The zero-order valence-electron chi connectivity index (χ0n) is 6.23. The molecule has 0 aromatic carbocycles. The molecule has 11 heavy (non-hydrogen) atoms. The molecular formula is C8H12O3. The van der Waals surface area contributed by atoms with E-state index < -0.39 is 5.97 Å². The second-order valence-electron chi connectivity index (χ2n) is 3.75. The third-order valence-corrected chi connectivity index (χ3v) is 3.10. The van der Waals surface area contributed by atoms with E-state index in [0.717, 1.165) is 19.3 Å². The number of aliphatic hydroxyl groups is 1. The van der Waals surface area contributed by atoms with Gasteiger partial charge in [0.2, 0.25) is 0 Å². The molecule has 0 amide bonds. The van der Waals surface area contributed by atoms with Gasteiger partial charge in [0.25, 0.3) is 0 Å². The molecule has 0 aliphatic heterocycles. The van der Waals surface area contributed by atoms with Gasteiger partial charge in [0.1, 0.15) is 0 Å². The standard InChI is InChI=1S/C8H12O3/c9-7-3-4-1-5(7)6(2-4)8(10)11/h4-7,9H,1-3H2,(H,10,11)/t4-,5-,6-,7-/m0/s1. The van der Waals surface area contributed by atoms with Crippen LogP contribution in [0.25, 0.3) is 0 Å². The molecule has 0 saturated heterocycles. The molecule has 0 heterocycles. The van der Waals surface area contributed by atoms with Crippen molar-refractivity contribution in [2.24, 2.45) is 17.8 Å². The molecule has 3 heteroatoms. The van der Waals surface area contributed by atoms with Crippen LogP contribution in [0, 0.1) is 17.8 Å². The molecule has 2 saturated carbocycles. The SMILES string of the molecule is O=C(O)[C@H]1C[C@@H]2C[C@@H]1[C@@H](O)C2. The summed E-state index contributed by atoms with van der Waals surface area (Å²) in [7, 11) is 0. The van der Waals surface area contributed by atoms with E-state index in [2.05, 4.69) is 0 Å². The van der Waals surface area contributed by atoms with E-state index in [0.29, 0.717) is 5.92 Å². The summed E-state index contributed by atoms with van der Waals surface area (Å²) in [5.74, 6) is -0.450. The number of aliphatic carboxylic acids is 1. The molecule has 4 atom stereocenters. The Morgan fingerprint density at radius 2 is 2.00 bits per heavy atom. The Morgan fingerprint density at radius 1 is 1.27 bits per heavy atom. The van der Waals surface area contributed by atoms with Gasteiger partial charge < -0.3 is 10.2 Å². The summed E-state index contributed by atoms with van der Waals surface area (Å²) >= 11 is 0. The zero-order valence-corrected chi connectivity index (χ0v) is 6.23. The van der Waals surface area contributed by atoms with Crippen molar-refractivity contribution in [1.82, 2.24) is 0 Å². The number of carbonyl (C=O) groups is 1. The molecular weight excluding hydrogens is 144 g/mol. The van der Waals surface area contributed by atoms with Gasteiger partial charge in [-0.25, -0.2) is 0 Å². The van der Waals surface area contributed by atoms with Crippen LogP contribution in [-0.4, -0.2) is 22.3 Å². The summed E-state index contributed by atoms with van der Waals surface area (Å²) < 4.78 is 0. The van der Waals surface area contributed by atoms with E-state index in [4.69, 9.17) is 5.11 Å². The van der Waals surface area contributed by atoms with Crippen molar-refractivity contribution >= 4 is 5.97 Å². The summed E-state index contributed by atoms with van der Waals surface area (Å²) in [4.78, 5) is 10.6. The molecule has 2 aliphatic rings. The number of hydrogen-bond donors (Lipinski definition) is 2. The van der Waals surface area contributed by atoms with Gasteiger partial charge in [-0.3, -0.25) is 4.79 Å². The van der Waals surface area contributed by atoms with Crippen LogP contribution in [0.15, 0.2) is 0 Å². The zero-order chi connectivity index (χ0) is 8.01. The fourth-order valence-corrected chi connectivity index (χ4v) is 2.60. The number of carboxylic acids is 1. The molecule has 0 spiro atoms. The van der Waals surface area contributed by atoms with Crippen LogP contribution in [0.1, 0.15) is 19.3 Å². The number of aliphatic hydroxyl groups excluding tert-OH is 1. The molecule has 0 unspecified atom stereocenters. The Morgan fingerprint density at radius 3 is 2.36 bits per heavy atom. The summed E-state index contributed by atoms with van der Waals surface area (Å²) in [6.07, 6.45) is 2.21. The molecule has 0 radical (unpaired) electrons. The topological polar surface area (TPSA) is 57.5 Å². The molecule has 2 bridgehead atoms. The largest absolute Gasteiger partial charge is 0.481 e. The van der Waals surface area contributed by atoms with Gasteiger partial charge in [0.05, 0.1) is 12.0 Å². The van der Waals surface area contributed by atoms with E-state index in [1.54, 1.807) is 0 Å². The van der Waals surface area contributed by atoms with Crippen LogP contribution < -0.4 is 0 Å². The first kappa shape index (κ1) is 7.10.